The van der Waals surface area contributed by atoms with Gasteiger partial charge in [0.15, 0.2) is 0 Å². The number of carboxylic acid groups (broad SMARTS) is 1. The number of anilines is 2. The van der Waals surface area contributed by atoms with Crippen LogP contribution in [0.25, 0.3) is 0 Å². The highest BCUT2D eigenvalue weighted by Crippen LogP contribution is 2.25. The third-order valence-corrected chi connectivity index (χ3v) is 4.54. The van der Waals surface area contributed by atoms with Gasteiger partial charge in [-0.05, 0) is 34.1 Å². The second-order valence-corrected chi connectivity index (χ2v) is 6.46. The number of carbonyl (C=O) groups is 2. The maximum absolute atomic E-state index is 12.3. The lowest BCUT2D eigenvalue weighted by atomic mass is 10.2. The Morgan fingerprint density at radius 2 is 1.80 bits per heavy atom. The Morgan fingerprint density at radius 1 is 1.12 bits per heavy atom. The van der Waals surface area contributed by atoms with Gasteiger partial charge in [0, 0.05) is 38.1 Å². The SMILES string of the molecule is O=C(O)c1cnc(N2CCN(C(=O)Nc3ccccc3)CC2)c(Br)c1. The zero-order chi connectivity index (χ0) is 17.8. The van der Waals surface area contributed by atoms with Crippen molar-refractivity contribution in [1.82, 2.24) is 9.88 Å². The summed E-state index contributed by atoms with van der Waals surface area (Å²) in [5, 5.41) is 11.9. The number of urea groups is 1. The van der Waals surface area contributed by atoms with Crippen LogP contribution < -0.4 is 10.2 Å². The topological polar surface area (TPSA) is 85.8 Å². The molecule has 2 N–H and O–H groups in total. The van der Waals surface area contributed by atoms with Crippen molar-refractivity contribution in [2.45, 2.75) is 0 Å². The van der Waals surface area contributed by atoms with Crippen molar-refractivity contribution in [2.24, 2.45) is 0 Å². The highest BCUT2D eigenvalue weighted by atomic mass is 79.9. The number of hydrogen-bond acceptors (Lipinski definition) is 4. The summed E-state index contributed by atoms with van der Waals surface area (Å²) in [6, 6.07) is 10.8. The van der Waals surface area contributed by atoms with Crippen LogP contribution in [0, 0.1) is 0 Å². The smallest absolute Gasteiger partial charge is 0.337 e. The van der Waals surface area contributed by atoms with E-state index in [2.05, 4.69) is 26.2 Å². The minimum absolute atomic E-state index is 0.126. The lowest BCUT2D eigenvalue weighted by Crippen LogP contribution is -2.50. The first-order chi connectivity index (χ1) is 12.0. The molecule has 0 radical (unpaired) electrons. The number of amides is 2. The molecule has 1 fully saturated rings. The molecule has 1 saturated heterocycles. The van der Waals surface area contributed by atoms with Gasteiger partial charge in [-0.1, -0.05) is 18.2 Å². The summed E-state index contributed by atoms with van der Waals surface area (Å²) in [5.74, 6) is -0.324. The molecule has 0 unspecified atom stereocenters. The summed E-state index contributed by atoms with van der Waals surface area (Å²) in [4.78, 5) is 31.3. The van der Waals surface area contributed by atoms with Gasteiger partial charge >= 0.3 is 12.0 Å². The minimum atomic E-state index is -1.01. The number of piperazine rings is 1. The number of halogens is 1. The molecular weight excluding hydrogens is 388 g/mol. The van der Waals surface area contributed by atoms with Crippen LogP contribution in [-0.2, 0) is 0 Å². The molecule has 7 nitrogen and oxygen atoms in total. The predicted molar refractivity (Wildman–Crippen MR) is 98.1 cm³/mol. The largest absolute Gasteiger partial charge is 0.478 e. The molecule has 1 aliphatic heterocycles. The van der Waals surface area contributed by atoms with E-state index < -0.39 is 5.97 Å². The van der Waals surface area contributed by atoms with Gasteiger partial charge < -0.3 is 20.2 Å². The van der Waals surface area contributed by atoms with Crippen LogP contribution in [0.15, 0.2) is 47.1 Å². The predicted octanol–water partition coefficient (Wildman–Crippen LogP) is 2.90. The van der Waals surface area contributed by atoms with Crippen molar-refractivity contribution in [1.29, 1.82) is 0 Å². The fourth-order valence-electron chi connectivity index (χ4n) is 2.63. The van der Waals surface area contributed by atoms with Gasteiger partial charge in [0.1, 0.15) is 5.82 Å². The van der Waals surface area contributed by atoms with Gasteiger partial charge in [-0.25, -0.2) is 14.6 Å². The molecule has 130 valence electrons. The monoisotopic (exact) mass is 404 g/mol. The van der Waals surface area contributed by atoms with Crippen molar-refractivity contribution in [2.75, 3.05) is 36.4 Å². The Labute approximate surface area is 153 Å². The molecule has 0 aliphatic carbocycles. The van der Waals surface area contributed by atoms with Crippen LogP contribution in [0.4, 0.5) is 16.3 Å². The van der Waals surface area contributed by atoms with Crippen molar-refractivity contribution < 1.29 is 14.7 Å². The maximum Gasteiger partial charge on any atom is 0.337 e. The Bertz CT molecular complexity index is 777. The van der Waals surface area contributed by atoms with Crippen molar-refractivity contribution in [3.8, 4) is 0 Å². The molecule has 2 amide bonds. The number of aromatic carboxylic acids is 1. The van der Waals surface area contributed by atoms with Crippen LogP contribution in [-0.4, -0.2) is 53.2 Å². The van der Waals surface area contributed by atoms with Crippen molar-refractivity contribution >= 4 is 39.4 Å². The van der Waals surface area contributed by atoms with Crippen molar-refractivity contribution in [3.63, 3.8) is 0 Å². The summed E-state index contributed by atoms with van der Waals surface area (Å²) >= 11 is 3.38. The molecule has 0 atom stereocenters. The third-order valence-electron chi connectivity index (χ3n) is 3.96. The zero-order valence-corrected chi connectivity index (χ0v) is 14.9. The summed E-state index contributed by atoms with van der Waals surface area (Å²) < 4.78 is 0.634. The molecule has 2 aromatic rings. The molecule has 3 rings (SSSR count). The average Bonchev–Trinajstić information content (AvgIpc) is 2.62. The summed E-state index contributed by atoms with van der Waals surface area (Å²) in [6.45, 7) is 2.38. The van der Waals surface area contributed by atoms with E-state index in [1.165, 1.54) is 6.20 Å². The number of pyridine rings is 1. The van der Waals surface area contributed by atoms with Crippen LogP contribution in [0.1, 0.15) is 10.4 Å². The average molecular weight is 405 g/mol. The normalized spacial score (nSPS) is 14.3. The van der Waals surface area contributed by atoms with E-state index in [4.69, 9.17) is 5.11 Å². The second kappa shape index (κ2) is 7.52. The summed E-state index contributed by atoms with van der Waals surface area (Å²) in [6.07, 6.45) is 1.34. The highest BCUT2D eigenvalue weighted by Gasteiger charge is 2.23. The number of rotatable bonds is 3. The Hall–Kier alpha value is -2.61. The Morgan fingerprint density at radius 3 is 2.40 bits per heavy atom. The molecule has 1 aromatic carbocycles. The van der Waals surface area contributed by atoms with Gasteiger partial charge in [0.2, 0.25) is 0 Å². The number of carbonyl (C=O) groups excluding carboxylic acids is 1. The highest BCUT2D eigenvalue weighted by molar-refractivity contribution is 9.10. The molecule has 1 aromatic heterocycles. The standard InChI is InChI=1S/C17H17BrN4O3/c18-14-10-12(16(23)24)11-19-15(14)21-6-8-22(9-7-21)17(25)20-13-4-2-1-3-5-13/h1-5,10-11H,6-9H2,(H,20,25)(H,23,24). The number of para-hydroxylation sites is 1. The van der Waals surface area contributed by atoms with E-state index in [0.717, 1.165) is 5.69 Å². The number of carboxylic acids is 1. The third kappa shape index (κ3) is 4.08. The van der Waals surface area contributed by atoms with Gasteiger partial charge in [-0.15, -0.1) is 0 Å². The van der Waals surface area contributed by atoms with E-state index in [0.29, 0.717) is 36.5 Å². The van der Waals surface area contributed by atoms with E-state index in [1.54, 1.807) is 11.0 Å². The summed E-state index contributed by atoms with van der Waals surface area (Å²) in [5.41, 5.74) is 0.903. The quantitative estimate of drug-likeness (QED) is 0.821. The number of benzene rings is 1. The van der Waals surface area contributed by atoms with Gasteiger partial charge in [-0.3, -0.25) is 0 Å². The van der Waals surface area contributed by atoms with Gasteiger partial charge in [0.05, 0.1) is 10.0 Å². The number of nitrogens with one attached hydrogen (secondary N) is 1. The van der Waals surface area contributed by atoms with Crippen LogP contribution in [0.3, 0.4) is 0 Å². The van der Waals surface area contributed by atoms with Gasteiger partial charge in [0.25, 0.3) is 0 Å². The first-order valence-electron chi connectivity index (χ1n) is 7.79. The first-order valence-corrected chi connectivity index (χ1v) is 8.58. The lowest BCUT2D eigenvalue weighted by Gasteiger charge is -2.35. The minimum Gasteiger partial charge on any atom is -0.478 e. The first kappa shape index (κ1) is 17.2. The Kier molecular flexibility index (Phi) is 5.18. The molecule has 0 bridgehead atoms. The van der Waals surface area contributed by atoms with E-state index in [1.807, 2.05) is 35.2 Å². The van der Waals surface area contributed by atoms with Crippen molar-refractivity contribution in [3.05, 3.63) is 52.6 Å². The maximum atomic E-state index is 12.3. The Balaban J connectivity index is 1.60. The lowest BCUT2D eigenvalue weighted by molar-refractivity contribution is 0.0696. The summed E-state index contributed by atoms with van der Waals surface area (Å²) in [7, 11) is 0. The van der Waals surface area contributed by atoms with Gasteiger partial charge in [-0.2, -0.15) is 0 Å². The van der Waals surface area contributed by atoms with Crippen LogP contribution in [0.2, 0.25) is 0 Å². The number of aromatic nitrogens is 1. The molecular formula is C17H17BrN4O3. The molecule has 8 heteroatoms. The van der Waals surface area contributed by atoms with Crippen LogP contribution in [0.5, 0.6) is 0 Å². The second-order valence-electron chi connectivity index (χ2n) is 5.60. The number of hydrogen-bond donors (Lipinski definition) is 2. The fourth-order valence-corrected chi connectivity index (χ4v) is 3.23. The van der Waals surface area contributed by atoms with E-state index in [9.17, 15) is 9.59 Å². The molecule has 2 heterocycles. The molecule has 1 aliphatic rings. The molecule has 0 spiro atoms. The zero-order valence-electron chi connectivity index (χ0n) is 13.4. The molecule has 0 saturated carbocycles. The van der Waals surface area contributed by atoms with E-state index in [-0.39, 0.29) is 11.6 Å². The fraction of sp³-hybridized carbons (Fsp3) is 0.235. The van der Waals surface area contributed by atoms with Crippen LogP contribution >= 0.6 is 15.9 Å². The molecule has 25 heavy (non-hydrogen) atoms. The number of nitrogens with zero attached hydrogens (tertiary/aromatic N) is 3. The van der Waals surface area contributed by atoms with E-state index >= 15 is 0 Å².